The van der Waals surface area contributed by atoms with E-state index in [2.05, 4.69) is 89.8 Å². The van der Waals surface area contributed by atoms with Crippen LogP contribution in [0.4, 0.5) is 0 Å². The van der Waals surface area contributed by atoms with Gasteiger partial charge in [-0.25, -0.2) is 0 Å². The minimum absolute atomic E-state index is 0. The SMILES string of the molecule is C1=Cc2ccccc2C(=C2CCN(CCOCc3ccccc3)CC2)c2ccccc21.Cl. The lowest BCUT2D eigenvalue weighted by Gasteiger charge is -2.30. The van der Waals surface area contributed by atoms with Crippen LogP contribution >= 0.6 is 12.4 Å². The Kier molecular flexibility index (Phi) is 7.59. The number of rotatable bonds is 5. The lowest BCUT2D eigenvalue weighted by Crippen LogP contribution is -2.33. The molecule has 32 heavy (non-hydrogen) atoms. The van der Waals surface area contributed by atoms with Gasteiger partial charge in [-0.3, -0.25) is 0 Å². The van der Waals surface area contributed by atoms with Gasteiger partial charge in [-0.15, -0.1) is 12.4 Å². The molecule has 3 aromatic rings. The van der Waals surface area contributed by atoms with Crippen LogP contribution in [-0.2, 0) is 11.3 Å². The lowest BCUT2D eigenvalue weighted by molar-refractivity contribution is 0.0901. The summed E-state index contributed by atoms with van der Waals surface area (Å²) in [5, 5.41) is 0. The minimum atomic E-state index is 0. The van der Waals surface area contributed by atoms with Crippen LogP contribution in [-0.4, -0.2) is 31.1 Å². The number of hydrogen-bond donors (Lipinski definition) is 0. The fourth-order valence-corrected chi connectivity index (χ4v) is 4.70. The third-order valence-electron chi connectivity index (χ3n) is 6.38. The van der Waals surface area contributed by atoms with Gasteiger partial charge >= 0.3 is 0 Å². The third kappa shape index (κ3) is 5.05. The highest BCUT2D eigenvalue weighted by Crippen LogP contribution is 2.38. The molecular weight excluding hydrogens is 414 g/mol. The predicted octanol–water partition coefficient (Wildman–Crippen LogP) is 6.71. The second kappa shape index (κ2) is 10.8. The molecule has 0 radical (unpaired) electrons. The molecule has 2 nitrogen and oxygen atoms in total. The summed E-state index contributed by atoms with van der Waals surface area (Å²) in [6, 6.07) is 28.1. The summed E-state index contributed by atoms with van der Waals surface area (Å²) in [4.78, 5) is 2.54. The molecule has 1 saturated heterocycles. The summed E-state index contributed by atoms with van der Waals surface area (Å²) in [6.45, 7) is 4.70. The molecule has 0 spiro atoms. The number of benzene rings is 3. The van der Waals surface area contributed by atoms with E-state index >= 15 is 0 Å². The van der Waals surface area contributed by atoms with Crippen molar-refractivity contribution < 1.29 is 4.74 Å². The summed E-state index contributed by atoms with van der Waals surface area (Å²) in [7, 11) is 0. The summed E-state index contributed by atoms with van der Waals surface area (Å²) in [5.74, 6) is 0. The van der Waals surface area contributed by atoms with Gasteiger partial charge in [-0.05, 0) is 46.2 Å². The lowest BCUT2D eigenvalue weighted by atomic mass is 9.86. The van der Waals surface area contributed by atoms with Gasteiger partial charge < -0.3 is 9.64 Å². The molecule has 3 aromatic carbocycles. The number of halogens is 1. The number of fused-ring (bicyclic) bond motifs is 2. The van der Waals surface area contributed by atoms with Crippen LogP contribution in [0, 0.1) is 0 Å². The van der Waals surface area contributed by atoms with E-state index in [1.165, 1.54) is 33.4 Å². The highest BCUT2D eigenvalue weighted by Gasteiger charge is 2.22. The Labute approximate surface area is 197 Å². The average molecular weight is 444 g/mol. The van der Waals surface area contributed by atoms with Crippen molar-refractivity contribution in [3.63, 3.8) is 0 Å². The molecule has 1 fully saturated rings. The Morgan fingerprint density at radius 2 is 1.25 bits per heavy atom. The Bertz CT molecular complexity index is 1040. The highest BCUT2D eigenvalue weighted by molar-refractivity contribution is 5.94. The molecular formula is C29H30ClNO. The second-order valence-corrected chi connectivity index (χ2v) is 8.37. The van der Waals surface area contributed by atoms with E-state index in [-0.39, 0.29) is 12.4 Å². The maximum absolute atomic E-state index is 5.91. The minimum Gasteiger partial charge on any atom is -0.375 e. The first-order valence-corrected chi connectivity index (χ1v) is 11.3. The van der Waals surface area contributed by atoms with E-state index < -0.39 is 0 Å². The largest absolute Gasteiger partial charge is 0.375 e. The first-order chi connectivity index (χ1) is 15.4. The van der Waals surface area contributed by atoms with Crippen LogP contribution in [0.25, 0.3) is 17.7 Å². The number of piperidine rings is 1. The first kappa shape index (κ1) is 22.5. The van der Waals surface area contributed by atoms with Gasteiger partial charge in [0.1, 0.15) is 0 Å². The molecule has 0 atom stereocenters. The molecule has 5 rings (SSSR count). The van der Waals surface area contributed by atoms with E-state index in [9.17, 15) is 0 Å². The quantitative estimate of drug-likeness (QED) is 0.318. The molecule has 1 heterocycles. The predicted molar refractivity (Wildman–Crippen MR) is 137 cm³/mol. The Balaban J connectivity index is 0.00000245. The van der Waals surface area contributed by atoms with Crippen LogP contribution in [0.2, 0.25) is 0 Å². The van der Waals surface area contributed by atoms with Crippen LogP contribution in [0.15, 0.2) is 84.4 Å². The first-order valence-electron chi connectivity index (χ1n) is 11.3. The van der Waals surface area contributed by atoms with Crippen molar-refractivity contribution in [2.75, 3.05) is 26.2 Å². The molecule has 1 aliphatic heterocycles. The van der Waals surface area contributed by atoms with Crippen molar-refractivity contribution >= 4 is 30.1 Å². The van der Waals surface area contributed by atoms with Gasteiger partial charge in [0.15, 0.2) is 0 Å². The monoisotopic (exact) mass is 443 g/mol. The molecule has 0 aromatic heterocycles. The maximum Gasteiger partial charge on any atom is 0.0717 e. The topological polar surface area (TPSA) is 12.5 Å². The Morgan fingerprint density at radius 3 is 1.88 bits per heavy atom. The van der Waals surface area contributed by atoms with Crippen LogP contribution < -0.4 is 0 Å². The molecule has 3 heteroatoms. The van der Waals surface area contributed by atoms with E-state index in [0.29, 0.717) is 6.61 Å². The summed E-state index contributed by atoms with van der Waals surface area (Å²) < 4.78 is 5.91. The van der Waals surface area contributed by atoms with E-state index in [1.54, 1.807) is 5.57 Å². The Hall–Kier alpha value is -2.65. The highest BCUT2D eigenvalue weighted by atomic mass is 35.5. The summed E-state index contributed by atoms with van der Waals surface area (Å²) >= 11 is 0. The van der Waals surface area contributed by atoms with Gasteiger partial charge in [0, 0.05) is 19.6 Å². The van der Waals surface area contributed by atoms with E-state index in [4.69, 9.17) is 4.74 Å². The smallest absolute Gasteiger partial charge is 0.0717 e. The number of hydrogen-bond acceptors (Lipinski definition) is 2. The van der Waals surface area contributed by atoms with Gasteiger partial charge in [0.05, 0.1) is 13.2 Å². The maximum atomic E-state index is 5.91. The zero-order valence-electron chi connectivity index (χ0n) is 18.4. The van der Waals surface area contributed by atoms with E-state index in [1.807, 2.05) is 6.07 Å². The van der Waals surface area contributed by atoms with Crippen molar-refractivity contribution in [1.82, 2.24) is 4.90 Å². The zero-order valence-corrected chi connectivity index (χ0v) is 19.2. The van der Waals surface area contributed by atoms with Crippen LogP contribution in [0.5, 0.6) is 0 Å². The van der Waals surface area contributed by atoms with E-state index in [0.717, 1.165) is 39.1 Å². The van der Waals surface area contributed by atoms with Crippen molar-refractivity contribution in [3.05, 3.63) is 112 Å². The zero-order chi connectivity index (χ0) is 20.9. The fraction of sp³-hybridized carbons (Fsp3) is 0.241. The third-order valence-corrected chi connectivity index (χ3v) is 6.38. The van der Waals surface area contributed by atoms with Crippen LogP contribution in [0.1, 0.15) is 40.7 Å². The summed E-state index contributed by atoms with van der Waals surface area (Å²) in [5.41, 5.74) is 9.67. The number of likely N-dealkylation sites (tertiary alicyclic amines) is 1. The van der Waals surface area contributed by atoms with Gasteiger partial charge in [0.2, 0.25) is 0 Å². The second-order valence-electron chi connectivity index (χ2n) is 8.37. The Morgan fingerprint density at radius 1 is 0.688 bits per heavy atom. The van der Waals surface area contributed by atoms with Crippen LogP contribution in [0.3, 0.4) is 0 Å². The molecule has 2 aliphatic rings. The number of ether oxygens (including phenoxy) is 1. The van der Waals surface area contributed by atoms with Crippen molar-refractivity contribution in [3.8, 4) is 0 Å². The molecule has 0 amide bonds. The number of nitrogens with zero attached hydrogens (tertiary/aromatic N) is 1. The standard InChI is InChI=1S/C29H29NO.ClH/c1-2-8-23(9-3-1)22-31-21-20-30-18-16-26(17-19-30)29-27-12-6-4-10-24(27)14-15-25-11-5-7-13-28(25)29;/h1-15H,16-22H2;1H. The molecule has 0 N–H and O–H groups in total. The van der Waals surface area contributed by atoms with Crippen molar-refractivity contribution in [1.29, 1.82) is 0 Å². The van der Waals surface area contributed by atoms with Crippen molar-refractivity contribution in [2.24, 2.45) is 0 Å². The average Bonchev–Trinajstić information content (AvgIpc) is 3.00. The summed E-state index contributed by atoms with van der Waals surface area (Å²) in [6.07, 6.45) is 6.77. The molecule has 0 unspecified atom stereocenters. The van der Waals surface area contributed by atoms with Gasteiger partial charge in [-0.1, -0.05) is 96.6 Å². The van der Waals surface area contributed by atoms with Gasteiger partial charge in [-0.2, -0.15) is 0 Å². The normalized spacial score (nSPS) is 15.5. The van der Waals surface area contributed by atoms with Crippen molar-refractivity contribution in [2.45, 2.75) is 19.4 Å². The van der Waals surface area contributed by atoms with Gasteiger partial charge in [0.25, 0.3) is 0 Å². The fourth-order valence-electron chi connectivity index (χ4n) is 4.70. The molecule has 164 valence electrons. The molecule has 0 bridgehead atoms. The molecule has 0 saturated carbocycles. The molecule has 1 aliphatic carbocycles.